The monoisotopic (exact) mass is 248 g/mol. The van der Waals surface area contributed by atoms with E-state index in [2.05, 4.69) is 11.9 Å². The fourth-order valence-electron chi connectivity index (χ4n) is 1.73. The molecule has 4 heteroatoms. The van der Waals surface area contributed by atoms with Gasteiger partial charge in [0, 0.05) is 18.7 Å². The summed E-state index contributed by atoms with van der Waals surface area (Å²) in [7, 11) is 0. The van der Waals surface area contributed by atoms with Gasteiger partial charge < -0.3 is 5.32 Å². The maximum atomic E-state index is 10.6. The van der Waals surface area contributed by atoms with E-state index in [-0.39, 0.29) is 10.6 Å². The van der Waals surface area contributed by atoms with Crippen LogP contribution in [-0.2, 0) is 6.54 Å². The standard InChI is InChI=1S/C14H20N2O2/c1-2-3-4-5-6-10-15-12-13-8-7-9-14(11-13)16(17)18/h2,7-9,11,15H,1,3-6,10,12H2. The highest BCUT2D eigenvalue weighted by Crippen LogP contribution is 2.12. The molecule has 1 aromatic rings. The molecular weight excluding hydrogens is 228 g/mol. The third kappa shape index (κ3) is 5.59. The molecule has 4 nitrogen and oxygen atoms in total. The normalized spacial score (nSPS) is 10.2. The van der Waals surface area contributed by atoms with Gasteiger partial charge in [0.15, 0.2) is 0 Å². The predicted octanol–water partition coefficient (Wildman–Crippen LogP) is 3.43. The Morgan fingerprint density at radius 1 is 1.33 bits per heavy atom. The average Bonchev–Trinajstić information content (AvgIpc) is 2.38. The molecule has 0 unspecified atom stereocenters. The van der Waals surface area contributed by atoms with Gasteiger partial charge in [-0.1, -0.05) is 24.6 Å². The van der Waals surface area contributed by atoms with Gasteiger partial charge in [0.05, 0.1) is 4.92 Å². The summed E-state index contributed by atoms with van der Waals surface area (Å²) in [4.78, 5) is 10.2. The first-order chi connectivity index (χ1) is 8.74. The Balaban J connectivity index is 2.21. The van der Waals surface area contributed by atoms with E-state index in [4.69, 9.17) is 0 Å². The van der Waals surface area contributed by atoms with Gasteiger partial charge >= 0.3 is 0 Å². The average molecular weight is 248 g/mol. The Bertz CT molecular complexity index is 391. The van der Waals surface area contributed by atoms with Crippen molar-refractivity contribution >= 4 is 5.69 Å². The van der Waals surface area contributed by atoms with E-state index < -0.39 is 0 Å². The fraction of sp³-hybridized carbons (Fsp3) is 0.429. The third-order valence-corrected chi connectivity index (χ3v) is 2.71. The Kier molecular flexibility index (Phi) is 6.72. The molecule has 0 radical (unpaired) electrons. The van der Waals surface area contributed by atoms with E-state index in [1.807, 2.05) is 12.1 Å². The molecule has 0 aliphatic rings. The number of hydrogen-bond acceptors (Lipinski definition) is 3. The number of allylic oxidation sites excluding steroid dienone is 1. The fourth-order valence-corrected chi connectivity index (χ4v) is 1.73. The summed E-state index contributed by atoms with van der Waals surface area (Å²) in [6.45, 7) is 5.31. The molecule has 1 N–H and O–H groups in total. The second-order valence-electron chi connectivity index (χ2n) is 4.24. The maximum Gasteiger partial charge on any atom is 0.269 e. The van der Waals surface area contributed by atoms with Crippen LogP contribution in [0.2, 0.25) is 0 Å². The highest BCUT2D eigenvalue weighted by atomic mass is 16.6. The van der Waals surface area contributed by atoms with E-state index in [0.717, 1.165) is 24.9 Å². The molecule has 0 aromatic heterocycles. The lowest BCUT2D eigenvalue weighted by molar-refractivity contribution is -0.384. The Hall–Kier alpha value is -1.68. The summed E-state index contributed by atoms with van der Waals surface area (Å²) < 4.78 is 0. The molecule has 0 fully saturated rings. The lowest BCUT2D eigenvalue weighted by atomic mass is 10.2. The molecule has 0 saturated heterocycles. The number of hydrogen-bond donors (Lipinski definition) is 1. The van der Waals surface area contributed by atoms with Crippen LogP contribution in [0.4, 0.5) is 5.69 Å². The summed E-state index contributed by atoms with van der Waals surface area (Å²) in [6.07, 6.45) is 6.51. The molecule has 0 spiro atoms. The van der Waals surface area contributed by atoms with Gasteiger partial charge in [-0.05, 0) is 31.4 Å². The summed E-state index contributed by atoms with van der Waals surface area (Å²) in [6, 6.07) is 6.75. The van der Waals surface area contributed by atoms with Crippen LogP contribution in [0.5, 0.6) is 0 Å². The van der Waals surface area contributed by atoms with Crippen molar-refractivity contribution in [3.05, 3.63) is 52.6 Å². The SMILES string of the molecule is C=CCCCCCNCc1cccc([N+](=O)[O-])c1. The first-order valence-corrected chi connectivity index (χ1v) is 6.29. The number of non-ortho nitro benzene ring substituents is 1. The van der Waals surface area contributed by atoms with Gasteiger partial charge in [-0.15, -0.1) is 6.58 Å². The lowest BCUT2D eigenvalue weighted by Crippen LogP contribution is -2.14. The number of nitro benzene ring substituents is 1. The second kappa shape index (κ2) is 8.42. The highest BCUT2D eigenvalue weighted by molar-refractivity contribution is 5.34. The van der Waals surface area contributed by atoms with Crippen LogP contribution in [0, 0.1) is 10.1 Å². The van der Waals surface area contributed by atoms with E-state index in [9.17, 15) is 10.1 Å². The number of nitrogens with zero attached hydrogens (tertiary/aromatic N) is 1. The topological polar surface area (TPSA) is 55.2 Å². The van der Waals surface area contributed by atoms with Crippen LogP contribution >= 0.6 is 0 Å². The molecule has 0 atom stereocenters. The van der Waals surface area contributed by atoms with Crippen molar-refractivity contribution in [2.24, 2.45) is 0 Å². The predicted molar refractivity (Wildman–Crippen MR) is 73.5 cm³/mol. The van der Waals surface area contributed by atoms with Crippen LogP contribution < -0.4 is 5.32 Å². The van der Waals surface area contributed by atoms with Gasteiger partial charge in [0.25, 0.3) is 5.69 Å². The van der Waals surface area contributed by atoms with Crippen molar-refractivity contribution in [3.63, 3.8) is 0 Å². The first kappa shape index (κ1) is 14.4. The van der Waals surface area contributed by atoms with Crippen LogP contribution in [0.1, 0.15) is 31.2 Å². The number of benzene rings is 1. The maximum absolute atomic E-state index is 10.6. The number of rotatable bonds is 9. The van der Waals surface area contributed by atoms with E-state index >= 15 is 0 Å². The molecule has 0 amide bonds. The zero-order valence-corrected chi connectivity index (χ0v) is 10.6. The van der Waals surface area contributed by atoms with E-state index in [1.165, 1.54) is 18.9 Å². The molecule has 1 rings (SSSR count). The van der Waals surface area contributed by atoms with Gasteiger partial charge in [-0.2, -0.15) is 0 Å². The van der Waals surface area contributed by atoms with Crippen molar-refractivity contribution in [2.75, 3.05) is 6.54 Å². The van der Waals surface area contributed by atoms with Crippen molar-refractivity contribution in [1.29, 1.82) is 0 Å². The summed E-state index contributed by atoms with van der Waals surface area (Å²) in [5.41, 5.74) is 1.11. The largest absolute Gasteiger partial charge is 0.313 e. The first-order valence-electron chi connectivity index (χ1n) is 6.29. The molecule has 0 bridgehead atoms. The van der Waals surface area contributed by atoms with Crippen molar-refractivity contribution in [3.8, 4) is 0 Å². The zero-order valence-electron chi connectivity index (χ0n) is 10.6. The smallest absolute Gasteiger partial charge is 0.269 e. The molecular formula is C14H20N2O2. The number of nitrogens with one attached hydrogen (secondary N) is 1. The highest BCUT2D eigenvalue weighted by Gasteiger charge is 2.04. The number of unbranched alkanes of at least 4 members (excludes halogenated alkanes) is 3. The third-order valence-electron chi connectivity index (χ3n) is 2.71. The molecule has 0 heterocycles. The molecule has 98 valence electrons. The van der Waals surface area contributed by atoms with Crippen LogP contribution in [0.25, 0.3) is 0 Å². The van der Waals surface area contributed by atoms with E-state index in [1.54, 1.807) is 12.1 Å². The Morgan fingerprint density at radius 3 is 2.89 bits per heavy atom. The minimum atomic E-state index is -0.362. The molecule has 0 aliphatic carbocycles. The van der Waals surface area contributed by atoms with Crippen molar-refractivity contribution in [1.82, 2.24) is 5.32 Å². The molecule has 0 aliphatic heterocycles. The summed E-state index contributed by atoms with van der Waals surface area (Å²) >= 11 is 0. The second-order valence-corrected chi connectivity index (χ2v) is 4.24. The van der Waals surface area contributed by atoms with Gasteiger partial charge in [0.1, 0.15) is 0 Å². The number of nitro groups is 1. The van der Waals surface area contributed by atoms with Crippen LogP contribution in [-0.4, -0.2) is 11.5 Å². The minimum absolute atomic E-state index is 0.153. The van der Waals surface area contributed by atoms with Gasteiger partial charge in [0.2, 0.25) is 0 Å². The summed E-state index contributed by atoms with van der Waals surface area (Å²) in [5.74, 6) is 0. The molecule has 1 aromatic carbocycles. The summed E-state index contributed by atoms with van der Waals surface area (Å²) in [5, 5.41) is 13.9. The van der Waals surface area contributed by atoms with Gasteiger partial charge in [-0.25, -0.2) is 0 Å². The Labute approximate surface area is 108 Å². The molecule has 18 heavy (non-hydrogen) atoms. The van der Waals surface area contributed by atoms with Crippen molar-refractivity contribution < 1.29 is 4.92 Å². The lowest BCUT2D eigenvalue weighted by Gasteiger charge is -2.04. The van der Waals surface area contributed by atoms with Crippen molar-refractivity contribution in [2.45, 2.75) is 32.2 Å². The molecule has 0 saturated carbocycles. The quantitative estimate of drug-likeness (QED) is 0.315. The van der Waals surface area contributed by atoms with E-state index in [0.29, 0.717) is 6.54 Å². The Morgan fingerprint density at radius 2 is 2.17 bits per heavy atom. The zero-order chi connectivity index (χ0) is 13.2. The van der Waals surface area contributed by atoms with Gasteiger partial charge in [-0.3, -0.25) is 10.1 Å². The van der Waals surface area contributed by atoms with Crippen LogP contribution in [0.3, 0.4) is 0 Å². The minimum Gasteiger partial charge on any atom is -0.313 e. The van der Waals surface area contributed by atoms with Crippen LogP contribution in [0.15, 0.2) is 36.9 Å².